The van der Waals surface area contributed by atoms with E-state index in [1.807, 2.05) is 24.3 Å². The third-order valence-corrected chi connectivity index (χ3v) is 5.70. The molecule has 0 aromatic heterocycles. The monoisotopic (exact) mass is 390 g/mol. The maximum atomic E-state index is 10.9. The summed E-state index contributed by atoms with van der Waals surface area (Å²) in [4.78, 5) is 10.9. The maximum absolute atomic E-state index is 10.9. The zero-order chi connectivity index (χ0) is 19.3. The van der Waals surface area contributed by atoms with Gasteiger partial charge in [0.15, 0.2) is 0 Å². The van der Waals surface area contributed by atoms with Crippen molar-refractivity contribution in [1.82, 2.24) is 0 Å². The van der Waals surface area contributed by atoms with E-state index in [1.165, 1.54) is 12.0 Å². The molecule has 2 aliphatic carbocycles. The molecule has 2 aliphatic rings. The van der Waals surface area contributed by atoms with Gasteiger partial charge in [-0.1, -0.05) is 24.1 Å². The topological polar surface area (TPSA) is 69.6 Å². The number of carbonyl (C=O) groups is 1. The normalized spacial score (nSPS) is 24.5. The van der Waals surface area contributed by atoms with Crippen LogP contribution in [0.15, 0.2) is 35.9 Å². The Bertz CT molecular complexity index is 759. The zero-order valence-electron chi connectivity index (χ0n) is 16.9. The molecule has 0 heterocycles. The molecule has 3 rings (SSSR count). The molecule has 0 amide bonds. The summed E-state index contributed by atoms with van der Waals surface area (Å²) >= 11 is 0. The zero-order valence-corrected chi connectivity index (χ0v) is 18.9. The van der Waals surface area contributed by atoms with Crippen LogP contribution in [0.1, 0.15) is 63.4 Å². The maximum Gasteiger partial charge on any atom is 1.00 e. The Morgan fingerprint density at radius 1 is 1.36 bits per heavy atom. The first-order chi connectivity index (χ1) is 13.0. The van der Waals surface area contributed by atoms with Crippen LogP contribution in [-0.2, 0) is 4.79 Å². The minimum Gasteiger partial charge on any atom is -0.550 e. The van der Waals surface area contributed by atoms with Crippen LogP contribution in [-0.4, -0.2) is 23.8 Å². The van der Waals surface area contributed by atoms with Crippen molar-refractivity contribution in [2.75, 3.05) is 6.61 Å². The quantitative estimate of drug-likeness (QED) is 0.420. The van der Waals surface area contributed by atoms with E-state index < -0.39 is 5.97 Å². The van der Waals surface area contributed by atoms with Crippen molar-refractivity contribution in [3.63, 3.8) is 0 Å². The Morgan fingerprint density at radius 2 is 2.11 bits per heavy atom. The van der Waals surface area contributed by atoms with Gasteiger partial charge in [-0.2, -0.15) is 0 Å². The standard InChI is InChI=1S/C23H28O4.Na/c1-2-4-19(13-22(25)26)18-6-8-21(9-7-18)27-16-17-5-3-11-23(14-17)12-10-20(24)15-23;/h6-9,14,19-20,24H,3,5,10-13,15-16H2,1H3,(H,25,26);/q;+1/p-1/t19-,20+,23+;/m0./s1. The van der Waals surface area contributed by atoms with Gasteiger partial charge in [0.05, 0.1) is 12.0 Å². The molecule has 1 fully saturated rings. The van der Waals surface area contributed by atoms with Crippen LogP contribution in [0.2, 0.25) is 0 Å². The Kier molecular flexibility index (Phi) is 8.64. The van der Waals surface area contributed by atoms with E-state index in [9.17, 15) is 15.0 Å². The predicted molar refractivity (Wildman–Crippen MR) is 102 cm³/mol. The number of allylic oxidation sites excluding steroid dienone is 1. The summed E-state index contributed by atoms with van der Waals surface area (Å²) in [5.74, 6) is 5.02. The second kappa shape index (κ2) is 10.5. The number of carbonyl (C=O) groups excluding carboxylic acids is 1. The van der Waals surface area contributed by atoms with Crippen molar-refractivity contribution in [3.05, 3.63) is 41.5 Å². The molecule has 3 atom stereocenters. The van der Waals surface area contributed by atoms with Crippen LogP contribution in [0.3, 0.4) is 0 Å². The van der Waals surface area contributed by atoms with Gasteiger partial charge < -0.3 is 19.7 Å². The molecular weight excluding hydrogens is 363 g/mol. The van der Waals surface area contributed by atoms with E-state index in [0.29, 0.717) is 6.61 Å². The summed E-state index contributed by atoms with van der Waals surface area (Å²) in [6.07, 6.45) is 8.32. The molecule has 0 saturated heterocycles. The van der Waals surface area contributed by atoms with Gasteiger partial charge in [-0.15, -0.1) is 5.92 Å². The van der Waals surface area contributed by atoms with Gasteiger partial charge in [0.1, 0.15) is 12.4 Å². The number of carboxylic acid groups (broad SMARTS) is 1. The number of carboxylic acids is 1. The van der Waals surface area contributed by atoms with E-state index in [1.54, 1.807) is 6.92 Å². The second-order valence-corrected chi connectivity index (χ2v) is 7.80. The average molecular weight is 390 g/mol. The van der Waals surface area contributed by atoms with Crippen molar-refractivity contribution in [2.45, 2.75) is 63.9 Å². The first kappa shape index (κ1) is 23.0. The molecule has 0 aliphatic heterocycles. The van der Waals surface area contributed by atoms with E-state index in [2.05, 4.69) is 17.9 Å². The molecule has 1 aromatic rings. The van der Waals surface area contributed by atoms with Crippen molar-refractivity contribution < 1.29 is 49.3 Å². The van der Waals surface area contributed by atoms with Gasteiger partial charge >= 0.3 is 29.6 Å². The van der Waals surface area contributed by atoms with Gasteiger partial charge in [-0.3, -0.25) is 0 Å². The molecule has 0 bridgehead atoms. The van der Waals surface area contributed by atoms with Crippen LogP contribution in [0, 0.1) is 17.3 Å². The van der Waals surface area contributed by atoms with Crippen LogP contribution >= 0.6 is 0 Å². The van der Waals surface area contributed by atoms with Crippen LogP contribution in [0.4, 0.5) is 0 Å². The Hall–Kier alpha value is -1.25. The summed E-state index contributed by atoms with van der Waals surface area (Å²) < 4.78 is 5.96. The molecule has 0 unspecified atom stereocenters. The number of rotatable bonds is 6. The summed E-state index contributed by atoms with van der Waals surface area (Å²) in [7, 11) is 0. The molecule has 1 spiro atoms. The van der Waals surface area contributed by atoms with E-state index >= 15 is 0 Å². The number of aliphatic hydroxyl groups is 1. The van der Waals surface area contributed by atoms with Crippen molar-refractivity contribution in [3.8, 4) is 17.6 Å². The Labute approximate surface area is 189 Å². The number of benzene rings is 1. The van der Waals surface area contributed by atoms with Gasteiger partial charge in [-0.25, -0.2) is 0 Å². The first-order valence-corrected chi connectivity index (χ1v) is 9.73. The summed E-state index contributed by atoms with van der Waals surface area (Å²) in [6, 6.07) is 7.48. The molecule has 4 nitrogen and oxygen atoms in total. The third-order valence-electron chi connectivity index (χ3n) is 5.70. The summed E-state index contributed by atoms with van der Waals surface area (Å²) in [5.41, 5.74) is 2.35. The third kappa shape index (κ3) is 6.12. The summed E-state index contributed by atoms with van der Waals surface area (Å²) in [6.45, 7) is 2.27. The largest absolute Gasteiger partial charge is 1.00 e. The number of aliphatic carboxylic acids is 1. The van der Waals surface area contributed by atoms with Crippen molar-refractivity contribution in [2.24, 2.45) is 5.41 Å². The summed E-state index contributed by atoms with van der Waals surface area (Å²) in [5, 5.41) is 20.8. The molecule has 1 aromatic carbocycles. The number of hydrogen-bond donors (Lipinski definition) is 1. The first-order valence-electron chi connectivity index (χ1n) is 9.73. The second-order valence-electron chi connectivity index (χ2n) is 7.80. The van der Waals surface area contributed by atoms with Crippen LogP contribution < -0.4 is 39.4 Å². The molecule has 28 heavy (non-hydrogen) atoms. The molecule has 144 valence electrons. The number of aliphatic hydroxyl groups excluding tert-OH is 1. The minimum atomic E-state index is -1.10. The van der Waals surface area contributed by atoms with E-state index in [0.717, 1.165) is 43.4 Å². The van der Waals surface area contributed by atoms with Gasteiger partial charge in [0.2, 0.25) is 0 Å². The number of hydrogen-bond acceptors (Lipinski definition) is 4. The fourth-order valence-electron chi connectivity index (χ4n) is 4.41. The van der Waals surface area contributed by atoms with Gasteiger partial charge in [-0.05, 0) is 74.1 Å². The van der Waals surface area contributed by atoms with Crippen LogP contribution in [0.25, 0.3) is 0 Å². The van der Waals surface area contributed by atoms with Crippen LogP contribution in [0.5, 0.6) is 5.75 Å². The van der Waals surface area contributed by atoms with E-state index in [-0.39, 0.29) is 53.4 Å². The van der Waals surface area contributed by atoms with Gasteiger partial charge in [0, 0.05) is 12.4 Å². The molecule has 0 radical (unpaired) electrons. The average Bonchev–Trinajstić information content (AvgIpc) is 2.99. The fourth-order valence-corrected chi connectivity index (χ4v) is 4.41. The molecular formula is C23H27NaO4. The Balaban J connectivity index is 0.00000280. The van der Waals surface area contributed by atoms with Gasteiger partial charge in [0.25, 0.3) is 0 Å². The fraction of sp³-hybridized carbons (Fsp3) is 0.522. The smallest absolute Gasteiger partial charge is 0.550 e. The number of ether oxygens (including phenoxy) is 1. The SMILES string of the molecule is CC#C[C@@H](CC(=O)[O-])c1ccc(OCC2=C[C@@]3(CCC2)CC[C@@H](O)C3)cc1.[Na+]. The van der Waals surface area contributed by atoms with Crippen molar-refractivity contribution in [1.29, 1.82) is 0 Å². The van der Waals surface area contributed by atoms with Crippen molar-refractivity contribution >= 4 is 5.97 Å². The predicted octanol–water partition coefficient (Wildman–Crippen LogP) is -0.0422. The minimum absolute atomic E-state index is 0. The molecule has 5 heteroatoms. The molecule has 1 N–H and O–H groups in total. The van der Waals surface area contributed by atoms with E-state index in [4.69, 9.17) is 4.74 Å². The molecule has 1 saturated carbocycles. The Morgan fingerprint density at radius 3 is 2.71 bits per heavy atom.